The molecule has 0 atom stereocenters. The maximum absolute atomic E-state index is 11.6. The predicted molar refractivity (Wildman–Crippen MR) is 117 cm³/mol. The van der Waals surface area contributed by atoms with Gasteiger partial charge in [-0.1, -0.05) is 78.0 Å². The van der Waals surface area contributed by atoms with Gasteiger partial charge in [0.25, 0.3) is 0 Å². The van der Waals surface area contributed by atoms with Crippen molar-refractivity contribution in [3.63, 3.8) is 0 Å². The largest absolute Gasteiger partial charge is 0.463 e. The first-order chi connectivity index (χ1) is 13.6. The lowest BCUT2D eigenvalue weighted by Crippen LogP contribution is -2.16. The zero-order valence-electron chi connectivity index (χ0n) is 21.1. The molecule has 0 radical (unpaired) electrons. The van der Waals surface area contributed by atoms with Crippen LogP contribution in [-0.4, -0.2) is 12.6 Å². The van der Waals surface area contributed by atoms with Gasteiger partial charge in [-0.3, -0.25) is 0 Å². The second-order valence-corrected chi connectivity index (χ2v) is 8.88. The summed E-state index contributed by atoms with van der Waals surface area (Å²) in [5.74, 6) is -0.410. The van der Waals surface area contributed by atoms with Crippen LogP contribution in [-0.2, 0) is 20.4 Å². The van der Waals surface area contributed by atoms with E-state index >= 15 is 0 Å². The number of allylic oxidation sites excluding steroid dienone is 5. The molecule has 0 heterocycles. The molecule has 1 aromatic carbocycles. The van der Waals surface area contributed by atoms with Crippen LogP contribution in [0.4, 0.5) is 0 Å². The third-order valence-electron chi connectivity index (χ3n) is 4.23. The van der Waals surface area contributed by atoms with Gasteiger partial charge in [0.2, 0.25) is 0 Å². The first kappa shape index (κ1) is 18.3. The van der Waals surface area contributed by atoms with Crippen LogP contribution in [0.25, 0.3) is 5.57 Å². The van der Waals surface area contributed by atoms with E-state index < -0.39 is 12.8 Å². The molecule has 0 bridgehead atoms. The smallest absolute Gasteiger partial charge is 0.330 e. The summed E-state index contributed by atoms with van der Waals surface area (Å²) in [6.07, 6.45) is 6.39. The van der Waals surface area contributed by atoms with Crippen molar-refractivity contribution in [2.45, 2.75) is 73.1 Å². The molecule has 0 unspecified atom stereocenters. The molecule has 1 aromatic rings. The highest BCUT2D eigenvalue weighted by molar-refractivity contribution is 5.83. The Balaban J connectivity index is 3.51. The molecule has 2 heteroatoms. The quantitative estimate of drug-likeness (QED) is 0.247. The van der Waals surface area contributed by atoms with E-state index in [2.05, 4.69) is 47.6 Å². The first-order valence-corrected chi connectivity index (χ1v) is 9.46. The van der Waals surface area contributed by atoms with E-state index in [0.717, 1.165) is 11.1 Å². The van der Waals surface area contributed by atoms with Crippen molar-refractivity contribution in [2.24, 2.45) is 0 Å². The number of esters is 1. The molecule has 0 spiro atoms. The van der Waals surface area contributed by atoms with E-state index in [9.17, 15) is 4.79 Å². The number of rotatable bonds is 5. The van der Waals surface area contributed by atoms with Crippen LogP contribution in [0, 0.1) is 0 Å². The van der Waals surface area contributed by atoms with Gasteiger partial charge in [0.15, 0.2) is 0 Å². The van der Waals surface area contributed by atoms with Gasteiger partial charge in [0, 0.05) is 10.2 Å². The summed E-state index contributed by atoms with van der Waals surface area (Å²) in [7, 11) is 0. The van der Waals surface area contributed by atoms with Gasteiger partial charge < -0.3 is 4.74 Å². The minimum atomic E-state index is -2.27. The Bertz CT molecular complexity index is 810. The Morgan fingerprint density at radius 2 is 1.63 bits per heavy atom. The molecule has 0 amide bonds. The maximum atomic E-state index is 11.6. The summed E-state index contributed by atoms with van der Waals surface area (Å²) < 4.78 is 29.1. The zero-order valence-corrected chi connectivity index (χ0v) is 18.1. The summed E-state index contributed by atoms with van der Waals surface area (Å²) >= 11 is 0. The summed E-state index contributed by atoms with van der Waals surface area (Å²) in [6, 6.07) is 6.12. The lowest BCUT2D eigenvalue weighted by molar-refractivity contribution is -0.137. The van der Waals surface area contributed by atoms with Crippen LogP contribution >= 0.6 is 0 Å². The molecule has 0 aliphatic heterocycles. The monoisotopic (exact) mass is 372 g/mol. The third kappa shape index (κ3) is 7.58. The fraction of sp³-hybridized carbons (Fsp3) is 0.480. The molecule has 0 aliphatic rings. The average molecular weight is 373 g/mol. The Hall–Kier alpha value is -2.09. The van der Waals surface area contributed by atoms with Crippen molar-refractivity contribution in [1.29, 1.82) is 0 Å². The SMILES string of the molecule is [2H][13C]([2H])([2H])\C(=C/C=C/C(C)=C/C(=O)OCC)c1cc(C(C)(C)C)cc(C(C)(C)C)c1. The fourth-order valence-corrected chi connectivity index (χ4v) is 2.46. The molecule has 0 N–H and O–H groups in total. The fourth-order valence-electron chi connectivity index (χ4n) is 2.46. The molecular weight excluding hydrogens is 333 g/mol. The highest BCUT2D eigenvalue weighted by atomic mass is 16.5. The van der Waals surface area contributed by atoms with Crippen LogP contribution in [0.5, 0.6) is 0 Å². The predicted octanol–water partition coefficient (Wildman–Crippen LogP) is 6.75. The van der Waals surface area contributed by atoms with Gasteiger partial charge in [-0.2, -0.15) is 0 Å². The normalized spacial score (nSPS) is 16.1. The Morgan fingerprint density at radius 1 is 1.07 bits per heavy atom. The van der Waals surface area contributed by atoms with E-state index in [0.29, 0.717) is 17.7 Å². The molecule has 1 rings (SSSR count). The Morgan fingerprint density at radius 3 is 2.07 bits per heavy atom. The van der Waals surface area contributed by atoms with Gasteiger partial charge in [-0.15, -0.1) is 0 Å². The first-order valence-electron chi connectivity index (χ1n) is 11.0. The van der Waals surface area contributed by atoms with Crippen LogP contribution in [0.3, 0.4) is 0 Å². The molecule has 0 aliphatic carbocycles. The molecule has 0 aromatic heterocycles. The summed E-state index contributed by atoms with van der Waals surface area (Å²) in [5.41, 5.74) is 3.65. The number of carbonyl (C=O) groups excluding carboxylic acids is 1. The van der Waals surface area contributed by atoms with Crippen LogP contribution < -0.4 is 0 Å². The van der Waals surface area contributed by atoms with Crippen molar-refractivity contribution in [3.8, 4) is 0 Å². The third-order valence-corrected chi connectivity index (χ3v) is 4.23. The number of hydrogen-bond acceptors (Lipinski definition) is 2. The zero-order chi connectivity index (χ0) is 23.3. The van der Waals surface area contributed by atoms with E-state index in [-0.39, 0.29) is 16.4 Å². The Kier molecular flexibility index (Phi) is 6.24. The van der Waals surface area contributed by atoms with Crippen molar-refractivity contribution in [3.05, 3.63) is 64.8 Å². The molecule has 27 heavy (non-hydrogen) atoms. The summed E-state index contributed by atoms with van der Waals surface area (Å²) in [6.45, 7) is 14.3. The Labute approximate surface area is 170 Å². The number of hydrogen-bond donors (Lipinski definition) is 0. The van der Waals surface area contributed by atoms with E-state index in [1.165, 1.54) is 6.08 Å². The molecule has 0 fully saturated rings. The topological polar surface area (TPSA) is 26.3 Å². The van der Waals surface area contributed by atoms with Gasteiger partial charge in [0.05, 0.1) is 6.61 Å². The highest BCUT2D eigenvalue weighted by Crippen LogP contribution is 2.32. The highest BCUT2D eigenvalue weighted by Gasteiger charge is 2.20. The minimum absolute atomic E-state index is 0.106. The van der Waals surface area contributed by atoms with Crippen molar-refractivity contribution in [2.75, 3.05) is 6.61 Å². The van der Waals surface area contributed by atoms with E-state index in [4.69, 9.17) is 8.85 Å². The second-order valence-electron chi connectivity index (χ2n) is 8.88. The average Bonchev–Trinajstić information content (AvgIpc) is 2.55. The number of benzene rings is 1. The minimum Gasteiger partial charge on any atom is -0.463 e. The summed E-state index contributed by atoms with van der Waals surface area (Å²) in [5, 5.41) is 0. The van der Waals surface area contributed by atoms with Crippen molar-refractivity contribution >= 4 is 11.5 Å². The molecule has 0 saturated carbocycles. The van der Waals surface area contributed by atoms with E-state index in [1.807, 2.05) is 12.1 Å². The molecular formula is C25H36O2. The molecule has 148 valence electrons. The van der Waals surface area contributed by atoms with Crippen LogP contribution in [0.15, 0.2) is 48.1 Å². The lowest BCUT2D eigenvalue weighted by atomic mass is 9.79. The number of carbonyl (C=O) groups is 1. The molecule has 0 saturated heterocycles. The van der Waals surface area contributed by atoms with Gasteiger partial charge in [0.1, 0.15) is 0 Å². The summed E-state index contributed by atoms with van der Waals surface area (Å²) in [4.78, 5) is 11.6. The second kappa shape index (κ2) is 9.21. The van der Waals surface area contributed by atoms with Crippen molar-refractivity contribution < 1.29 is 13.6 Å². The molecule has 2 nitrogen and oxygen atoms in total. The van der Waals surface area contributed by atoms with Gasteiger partial charge in [-0.05, 0) is 59.4 Å². The lowest BCUT2D eigenvalue weighted by Gasteiger charge is -2.26. The van der Waals surface area contributed by atoms with Gasteiger partial charge in [-0.25, -0.2) is 4.79 Å². The van der Waals surface area contributed by atoms with E-state index in [1.54, 1.807) is 32.1 Å². The number of ether oxygens (including phenoxy) is 1. The van der Waals surface area contributed by atoms with Crippen molar-refractivity contribution in [1.82, 2.24) is 0 Å². The standard InChI is InChI=1S/C25H36O2/c1-10-27-23(26)14-18(2)12-11-13-19(3)20-15-21(24(4,5)6)17-22(16-20)25(7,8)9/h11-17H,10H2,1-9H3/b12-11+,18-14+,19-13+/i3+1D3. The van der Waals surface area contributed by atoms with Crippen LogP contribution in [0.1, 0.15) is 83.0 Å². The van der Waals surface area contributed by atoms with Gasteiger partial charge >= 0.3 is 5.97 Å². The maximum Gasteiger partial charge on any atom is 0.330 e. The van der Waals surface area contributed by atoms with Crippen LogP contribution in [0.2, 0.25) is 0 Å².